The summed E-state index contributed by atoms with van der Waals surface area (Å²) in [5, 5.41) is 15.3. The molecule has 11 nitrogen and oxygen atoms in total. The van der Waals surface area contributed by atoms with Gasteiger partial charge in [-0.25, -0.2) is 0 Å². The molecule has 0 aromatic rings. The Morgan fingerprint density at radius 3 is 2.00 bits per heavy atom. The van der Waals surface area contributed by atoms with E-state index < -0.39 is 60.7 Å². The first-order valence-corrected chi connectivity index (χ1v) is 8.08. The number of amides is 4. The summed E-state index contributed by atoms with van der Waals surface area (Å²) in [6.07, 6.45) is -0.0905. The van der Waals surface area contributed by atoms with Gasteiger partial charge in [0.25, 0.3) is 0 Å². The molecule has 0 heterocycles. The molecule has 4 amide bonds. The molecule has 26 heavy (non-hydrogen) atoms. The van der Waals surface area contributed by atoms with Gasteiger partial charge in [0.1, 0.15) is 18.6 Å². The predicted molar refractivity (Wildman–Crippen MR) is 91.4 cm³/mol. The maximum Gasteiger partial charge on any atom is 0.322 e. The Balaban J connectivity index is 4.80. The lowest BCUT2D eigenvalue weighted by Crippen LogP contribution is -2.55. The predicted octanol–water partition coefficient (Wildman–Crippen LogP) is -2.57. The van der Waals surface area contributed by atoms with Gasteiger partial charge in [-0.2, -0.15) is 0 Å². The summed E-state index contributed by atoms with van der Waals surface area (Å²) in [5.41, 5.74) is 10.8. The molecule has 0 aromatic heterocycles. The van der Waals surface area contributed by atoms with Gasteiger partial charge >= 0.3 is 5.97 Å². The molecule has 0 aliphatic rings. The van der Waals surface area contributed by atoms with Gasteiger partial charge in [0, 0.05) is 0 Å². The standard InChI is InChI=1S/C15H27N5O6/c1-7(2)4-9(16)14(25)19-8(3)13(24)20-10(5-11(17)21)15(26)18-6-12(22)23/h7-10H,4-6,16H2,1-3H3,(H2,17,21)(H,18,26)(H,19,25)(H,20,24)(H,22,23). The van der Waals surface area contributed by atoms with Gasteiger partial charge in [-0.1, -0.05) is 13.8 Å². The first-order valence-electron chi connectivity index (χ1n) is 8.08. The zero-order chi connectivity index (χ0) is 20.4. The van der Waals surface area contributed by atoms with Crippen LogP contribution in [0.25, 0.3) is 0 Å². The normalized spacial score (nSPS) is 14.0. The molecule has 0 saturated carbocycles. The van der Waals surface area contributed by atoms with Gasteiger partial charge in [0.15, 0.2) is 0 Å². The number of nitrogens with one attached hydrogen (secondary N) is 3. The molecule has 3 unspecified atom stereocenters. The Morgan fingerprint density at radius 1 is 0.962 bits per heavy atom. The van der Waals surface area contributed by atoms with Gasteiger partial charge in [0.05, 0.1) is 12.5 Å². The van der Waals surface area contributed by atoms with Crippen molar-refractivity contribution in [2.45, 2.75) is 51.7 Å². The van der Waals surface area contributed by atoms with Crippen LogP contribution in [0.4, 0.5) is 0 Å². The molecule has 11 heteroatoms. The van der Waals surface area contributed by atoms with E-state index in [9.17, 15) is 24.0 Å². The summed E-state index contributed by atoms with van der Waals surface area (Å²) >= 11 is 0. The van der Waals surface area contributed by atoms with Gasteiger partial charge < -0.3 is 32.5 Å². The highest BCUT2D eigenvalue weighted by molar-refractivity contribution is 5.95. The minimum atomic E-state index is -1.36. The molecule has 3 atom stereocenters. The minimum absolute atomic E-state index is 0.192. The van der Waals surface area contributed by atoms with Gasteiger partial charge in [-0.05, 0) is 19.3 Å². The van der Waals surface area contributed by atoms with Crippen LogP contribution in [0.15, 0.2) is 0 Å². The number of carboxylic acids is 1. The van der Waals surface area contributed by atoms with Crippen LogP contribution in [0, 0.1) is 5.92 Å². The van der Waals surface area contributed by atoms with E-state index in [-0.39, 0.29) is 5.92 Å². The summed E-state index contributed by atoms with van der Waals surface area (Å²) in [7, 11) is 0. The van der Waals surface area contributed by atoms with Crippen LogP contribution in [0.2, 0.25) is 0 Å². The Labute approximate surface area is 151 Å². The maximum atomic E-state index is 12.1. The Morgan fingerprint density at radius 2 is 1.54 bits per heavy atom. The zero-order valence-electron chi connectivity index (χ0n) is 15.1. The van der Waals surface area contributed by atoms with Gasteiger partial charge in [0.2, 0.25) is 23.6 Å². The summed E-state index contributed by atoms with van der Waals surface area (Å²) in [5.74, 6) is -4.11. The van der Waals surface area contributed by atoms with Crippen LogP contribution in [-0.2, 0) is 24.0 Å². The first-order chi connectivity index (χ1) is 11.9. The summed E-state index contributed by atoms with van der Waals surface area (Å²) in [4.78, 5) is 57.5. The van der Waals surface area contributed by atoms with Crippen molar-refractivity contribution >= 4 is 29.6 Å². The Bertz CT molecular complexity index is 551. The Hall–Kier alpha value is -2.69. The molecule has 148 valence electrons. The molecule has 0 bridgehead atoms. The summed E-state index contributed by atoms with van der Waals surface area (Å²) in [6.45, 7) is 4.49. The number of hydrogen-bond donors (Lipinski definition) is 6. The largest absolute Gasteiger partial charge is 0.480 e. The molecular formula is C15H27N5O6. The van der Waals surface area contributed by atoms with Crippen LogP contribution < -0.4 is 27.4 Å². The highest BCUT2D eigenvalue weighted by atomic mass is 16.4. The molecule has 0 fully saturated rings. The van der Waals surface area contributed by atoms with Crippen LogP contribution in [0.5, 0.6) is 0 Å². The second kappa shape index (κ2) is 11.0. The monoisotopic (exact) mass is 373 g/mol. The second-order valence-electron chi connectivity index (χ2n) is 6.31. The fourth-order valence-corrected chi connectivity index (χ4v) is 1.99. The molecular weight excluding hydrogens is 346 g/mol. The second-order valence-corrected chi connectivity index (χ2v) is 6.31. The van der Waals surface area contributed by atoms with E-state index in [1.165, 1.54) is 6.92 Å². The van der Waals surface area contributed by atoms with Crippen LogP contribution in [-0.4, -0.2) is 59.4 Å². The number of carbonyl (C=O) groups is 5. The first kappa shape index (κ1) is 23.3. The van der Waals surface area contributed by atoms with Crippen molar-refractivity contribution in [2.24, 2.45) is 17.4 Å². The lowest BCUT2D eigenvalue weighted by molar-refractivity contribution is -0.138. The van der Waals surface area contributed by atoms with Crippen molar-refractivity contribution in [3.63, 3.8) is 0 Å². The molecule has 0 aromatic carbocycles. The smallest absolute Gasteiger partial charge is 0.322 e. The SMILES string of the molecule is CC(C)CC(N)C(=O)NC(C)C(=O)NC(CC(N)=O)C(=O)NCC(=O)O. The zero-order valence-corrected chi connectivity index (χ0v) is 15.1. The van der Waals surface area contributed by atoms with E-state index in [4.69, 9.17) is 16.6 Å². The molecule has 0 radical (unpaired) electrons. The topological polar surface area (TPSA) is 194 Å². The average Bonchev–Trinajstić information content (AvgIpc) is 2.50. The van der Waals surface area contributed by atoms with E-state index in [1.54, 1.807) is 0 Å². The van der Waals surface area contributed by atoms with Crippen molar-refractivity contribution in [3.8, 4) is 0 Å². The fraction of sp³-hybridized carbons (Fsp3) is 0.667. The number of hydrogen-bond acceptors (Lipinski definition) is 6. The van der Waals surface area contributed by atoms with Gasteiger partial charge in [-0.15, -0.1) is 0 Å². The number of primary amides is 1. The molecule has 0 rings (SSSR count). The molecule has 8 N–H and O–H groups in total. The highest BCUT2D eigenvalue weighted by Gasteiger charge is 2.27. The summed E-state index contributed by atoms with van der Waals surface area (Å²) < 4.78 is 0. The molecule has 0 aliphatic heterocycles. The maximum absolute atomic E-state index is 12.1. The number of aliphatic carboxylic acids is 1. The van der Waals surface area contributed by atoms with Crippen LogP contribution in [0.3, 0.4) is 0 Å². The molecule has 0 saturated heterocycles. The fourth-order valence-electron chi connectivity index (χ4n) is 1.99. The van der Waals surface area contributed by atoms with Crippen LogP contribution in [0.1, 0.15) is 33.6 Å². The van der Waals surface area contributed by atoms with Crippen LogP contribution >= 0.6 is 0 Å². The number of nitrogens with two attached hydrogens (primary N) is 2. The Kier molecular flexibility index (Phi) is 9.89. The van der Waals surface area contributed by atoms with Crippen molar-refractivity contribution in [2.75, 3.05) is 6.54 Å². The van der Waals surface area contributed by atoms with E-state index in [0.717, 1.165) is 0 Å². The third kappa shape index (κ3) is 9.57. The van der Waals surface area contributed by atoms with Crippen molar-refractivity contribution < 1.29 is 29.1 Å². The van der Waals surface area contributed by atoms with E-state index in [0.29, 0.717) is 6.42 Å². The van der Waals surface area contributed by atoms with E-state index in [2.05, 4.69) is 10.6 Å². The number of rotatable bonds is 11. The lowest BCUT2D eigenvalue weighted by atomic mass is 10.0. The lowest BCUT2D eigenvalue weighted by Gasteiger charge is -2.21. The number of carbonyl (C=O) groups excluding carboxylic acids is 4. The number of carboxylic acid groups (broad SMARTS) is 1. The highest BCUT2D eigenvalue weighted by Crippen LogP contribution is 2.03. The molecule has 0 aliphatic carbocycles. The van der Waals surface area contributed by atoms with Crippen molar-refractivity contribution in [1.29, 1.82) is 0 Å². The van der Waals surface area contributed by atoms with Crippen molar-refractivity contribution in [1.82, 2.24) is 16.0 Å². The van der Waals surface area contributed by atoms with E-state index >= 15 is 0 Å². The van der Waals surface area contributed by atoms with Crippen molar-refractivity contribution in [3.05, 3.63) is 0 Å². The third-order valence-corrected chi connectivity index (χ3v) is 3.27. The average molecular weight is 373 g/mol. The quantitative estimate of drug-likeness (QED) is 0.229. The van der Waals surface area contributed by atoms with E-state index in [1.807, 2.05) is 19.2 Å². The third-order valence-electron chi connectivity index (χ3n) is 3.27. The van der Waals surface area contributed by atoms with Gasteiger partial charge in [-0.3, -0.25) is 24.0 Å². The minimum Gasteiger partial charge on any atom is -0.480 e. The molecule has 0 spiro atoms. The summed E-state index contributed by atoms with van der Waals surface area (Å²) in [6, 6.07) is -3.17.